The largest absolute Gasteiger partial charge is 0.481 e. The van der Waals surface area contributed by atoms with Gasteiger partial charge >= 0.3 is 11.9 Å². The first-order valence-corrected chi connectivity index (χ1v) is 26.3. The van der Waals surface area contributed by atoms with Crippen LogP contribution in [-0.4, -0.2) is 109 Å². The number of aliphatic carboxylic acids is 1. The Hall–Kier alpha value is -8.01. The molecule has 1 fully saturated rings. The number of carboxylic acid groups (broad SMARTS) is 1. The molecular weight excluding hydrogens is 1010 g/mol. The number of esters is 1. The number of hydrogen-bond acceptors (Lipinski definition) is 14. The first kappa shape index (κ1) is 56.2. The average molecular weight is 1080 g/mol. The summed E-state index contributed by atoms with van der Waals surface area (Å²) in [5.74, 6) is -8.31. The Bertz CT molecular complexity index is 3210. The van der Waals surface area contributed by atoms with E-state index in [9.17, 15) is 63.0 Å². The number of ketones is 2. The molecule has 22 heteroatoms. The van der Waals surface area contributed by atoms with Crippen LogP contribution >= 0.6 is 0 Å². The number of aryl methyl sites for hydroxylation is 1. The molecule has 1 unspecified atom stereocenters. The van der Waals surface area contributed by atoms with Crippen molar-refractivity contribution >= 4 is 69.9 Å². The number of carbonyl (C=O) groups is 10. The van der Waals surface area contributed by atoms with Crippen molar-refractivity contribution < 1.29 is 67.3 Å². The highest BCUT2D eigenvalue weighted by molar-refractivity contribution is 6.03. The topological polar surface area (TPSA) is 307 Å². The molecule has 0 radical (unpaired) electrons. The molecule has 78 heavy (non-hydrogen) atoms. The van der Waals surface area contributed by atoms with Crippen molar-refractivity contribution in [1.29, 1.82) is 0 Å². The van der Waals surface area contributed by atoms with Gasteiger partial charge in [0.25, 0.3) is 5.56 Å². The maximum atomic E-state index is 15.5. The number of amides is 6. The molecule has 6 N–H and O–H groups in total. The summed E-state index contributed by atoms with van der Waals surface area (Å²) in [6.07, 6.45) is 0.193. The number of aliphatic hydroxyl groups is 1. The number of benzene rings is 2. The van der Waals surface area contributed by atoms with Crippen LogP contribution in [0.4, 0.5) is 4.39 Å². The van der Waals surface area contributed by atoms with Crippen LogP contribution in [0, 0.1) is 24.6 Å². The van der Waals surface area contributed by atoms with E-state index < -0.39 is 114 Å². The molecule has 6 amide bonds. The smallest absolute Gasteiger partial charge is 0.343 e. The van der Waals surface area contributed by atoms with Crippen molar-refractivity contribution in [3.63, 3.8) is 0 Å². The van der Waals surface area contributed by atoms with Crippen LogP contribution in [-0.2, 0) is 84.3 Å². The lowest BCUT2D eigenvalue weighted by molar-refractivity contribution is -0.172. The summed E-state index contributed by atoms with van der Waals surface area (Å²) in [5.41, 5.74) is 1.61. The zero-order valence-corrected chi connectivity index (χ0v) is 43.6. The molecule has 1 saturated heterocycles. The number of aromatic nitrogens is 2. The first-order valence-electron chi connectivity index (χ1n) is 26.3. The van der Waals surface area contributed by atoms with Crippen LogP contribution in [0.3, 0.4) is 0 Å². The number of nitrogens with one attached hydrogen (secondary N) is 4. The number of ether oxygens (including phenoxy) is 1. The van der Waals surface area contributed by atoms with E-state index in [1.54, 1.807) is 57.2 Å². The number of imide groups is 1. The van der Waals surface area contributed by atoms with E-state index >= 15 is 4.39 Å². The molecule has 5 heterocycles. The summed E-state index contributed by atoms with van der Waals surface area (Å²) in [6.45, 7) is 3.83. The van der Waals surface area contributed by atoms with Crippen molar-refractivity contribution in [3.05, 3.63) is 97.6 Å². The average Bonchev–Trinajstić information content (AvgIpc) is 4.13. The molecule has 0 bridgehead atoms. The van der Waals surface area contributed by atoms with Gasteiger partial charge in [-0.3, -0.25) is 52.8 Å². The summed E-state index contributed by atoms with van der Waals surface area (Å²) in [7, 11) is 0. The highest BCUT2D eigenvalue weighted by atomic mass is 19.1. The number of carbonyl (C=O) groups excluding carboxylic acids is 9. The lowest BCUT2D eigenvalue weighted by Gasteiger charge is -2.31. The fraction of sp³-hybridized carbons (Fsp3) is 0.464. The minimum atomic E-state index is -2.08. The second kappa shape index (κ2) is 23.7. The molecule has 4 aromatic rings. The van der Waals surface area contributed by atoms with E-state index in [-0.39, 0.29) is 86.2 Å². The van der Waals surface area contributed by atoms with E-state index in [0.717, 1.165) is 0 Å². The molecule has 3 aliphatic heterocycles. The Morgan fingerprint density at radius 1 is 0.897 bits per heavy atom. The Morgan fingerprint density at radius 3 is 2.36 bits per heavy atom. The van der Waals surface area contributed by atoms with Crippen LogP contribution in [0.25, 0.3) is 22.3 Å². The van der Waals surface area contributed by atoms with E-state index in [2.05, 4.69) is 21.3 Å². The van der Waals surface area contributed by atoms with Crippen molar-refractivity contribution in [2.24, 2.45) is 11.8 Å². The first-order chi connectivity index (χ1) is 37.2. The second-order valence-electron chi connectivity index (χ2n) is 20.6. The van der Waals surface area contributed by atoms with Gasteiger partial charge < -0.3 is 40.8 Å². The van der Waals surface area contributed by atoms with Crippen molar-refractivity contribution in [3.8, 4) is 11.4 Å². The Balaban J connectivity index is 0.869. The quantitative estimate of drug-likeness (QED) is 0.0294. The van der Waals surface area contributed by atoms with Crippen LogP contribution in [0.2, 0.25) is 0 Å². The third-order valence-corrected chi connectivity index (χ3v) is 15.2. The van der Waals surface area contributed by atoms with E-state index in [0.29, 0.717) is 76.7 Å². The third kappa shape index (κ3) is 11.9. The van der Waals surface area contributed by atoms with Gasteiger partial charge in [-0.05, 0) is 73.8 Å². The Kier molecular flexibility index (Phi) is 17.1. The van der Waals surface area contributed by atoms with E-state index in [1.165, 1.54) is 15.5 Å². The number of cyclic esters (lactones) is 1. The van der Waals surface area contributed by atoms with Crippen molar-refractivity contribution in [2.45, 2.75) is 135 Å². The molecule has 8 rings (SSSR count). The predicted octanol–water partition coefficient (Wildman–Crippen LogP) is 2.95. The summed E-state index contributed by atoms with van der Waals surface area (Å²) >= 11 is 0. The number of likely N-dealkylation sites (tertiary alicyclic amines) is 1. The summed E-state index contributed by atoms with van der Waals surface area (Å²) in [6, 6.07) is 9.57. The van der Waals surface area contributed by atoms with Gasteiger partial charge in [0.2, 0.25) is 35.4 Å². The number of pyridine rings is 2. The van der Waals surface area contributed by atoms with Gasteiger partial charge in [0.05, 0.1) is 60.6 Å². The number of unbranched alkanes of at least 4 members (excludes halogenated alkanes) is 2. The number of halogens is 1. The van der Waals surface area contributed by atoms with E-state index in [1.807, 2.05) is 0 Å². The van der Waals surface area contributed by atoms with Crippen LogP contribution < -0.4 is 26.8 Å². The molecule has 5 atom stereocenters. The van der Waals surface area contributed by atoms with Gasteiger partial charge in [0.15, 0.2) is 17.2 Å². The second-order valence-corrected chi connectivity index (χ2v) is 20.6. The van der Waals surface area contributed by atoms with Crippen LogP contribution in [0.5, 0.6) is 0 Å². The lowest BCUT2D eigenvalue weighted by atomic mass is 9.81. The Morgan fingerprint density at radius 2 is 1.65 bits per heavy atom. The van der Waals surface area contributed by atoms with E-state index in [4.69, 9.17) is 9.72 Å². The summed E-state index contributed by atoms with van der Waals surface area (Å²) in [4.78, 5) is 148. The Labute approximate surface area is 447 Å². The predicted molar refractivity (Wildman–Crippen MR) is 275 cm³/mol. The number of carboxylic acids is 1. The van der Waals surface area contributed by atoms with Gasteiger partial charge in [0.1, 0.15) is 12.4 Å². The molecule has 0 spiro atoms. The molecule has 0 saturated carbocycles. The molecular formula is C56H62FN7O14. The van der Waals surface area contributed by atoms with Crippen molar-refractivity contribution in [2.75, 3.05) is 19.6 Å². The SMILES string of the molecule is CC[C@@]1(O)C(=O)OCc2c1cc1n(c2=O)Cc2c-1nc1cc(F)c(C)c3c1c2[C@@H](NC(=O)CNC(=O)[C@@H](CC(=O)CNC(=O)CCC(=O)[C@@H](CC(=O)O)NC(=O)CCCCCN1C(=O)CC(C)C1=O)Cc1ccccc1)CC3. The van der Waals surface area contributed by atoms with Gasteiger partial charge in [-0.15, -0.1) is 0 Å². The normalized spacial score (nSPS) is 18.8. The van der Waals surface area contributed by atoms with Gasteiger partial charge in [-0.1, -0.05) is 50.6 Å². The fourth-order valence-electron chi connectivity index (χ4n) is 11.0. The van der Waals surface area contributed by atoms with Gasteiger partial charge in [0, 0.05) is 73.1 Å². The fourth-order valence-corrected chi connectivity index (χ4v) is 11.0. The minimum Gasteiger partial charge on any atom is -0.481 e. The standard InChI is InChI=1S/C56H62FN7O14/c1-4-56(77)37-22-42-51-35(27-64(42)54(75)36(37)28-78-55(56)76)50-39(15-14-34-30(3)38(57)23-41(62-51)49(34)50)60-46(69)26-59-52(73)32(20-31-11-7-5-8-12-31)21-33(65)25-58-44(67)17-16-43(66)40(24-48(71)72)61-45(68)13-9-6-10-18-63-47(70)19-29(2)53(63)74/h5,7-8,11-12,22-23,29,32,39-40,77H,4,6,9-10,13-21,24-28H2,1-3H3,(H,58,67)(H,59,73)(H,60,69)(H,61,68)(H,71,72)/t29?,32-,39+,40-,56+/m1/s1. The number of hydrogen-bond donors (Lipinski definition) is 6. The summed E-state index contributed by atoms with van der Waals surface area (Å²) < 4.78 is 22.2. The highest BCUT2D eigenvalue weighted by Crippen LogP contribution is 2.46. The minimum absolute atomic E-state index is 0.0204. The van der Waals surface area contributed by atoms with Gasteiger partial charge in [-0.25, -0.2) is 14.2 Å². The number of fused-ring (bicyclic) bond motifs is 5. The number of Topliss-reactive ketones (excluding diaryl/α,β-unsaturated/α-hetero) is 2. The molecule has 412 valence electrons. The maximum Gasteiger partial charge on any atom is 0.343 e. The zero-order chi connectivity index (χ0) is 56.2. The molecule has 1 aliphatic carbocycles. The monoisotopic (exact) mass is 1080 g/mol. The van der Waals surface area contributed by atoms with Crippen LogP contribution in [0.15, 0.2) is 47.3 Å². The third-order valence-electron chi connectivity index (χ3n) is 15.2. The number of rotatable bonds is 24. The number of nitrogens with zero attached hydrogens (tertiary/aromatic N) is 3. The molecule has 2 aromatic heterocycles. The maximum absolute atomic E-state index is 15.5. The van der Waals surface area contributed by atoms with Crippen LogP contribution in [0.1, 0.15) is 129 Å². The summed E-state index contributed by atoms with van der Waals surface area (Å²) in [5, 5.41) is 32.0. The molecule has 21 nitrogen and oxygen atoms in total. The van der Waals surface area contributed by atoms with Crippen molar-refractivity contribution in [1.82, 2.24) is 35.7 Å². The molecule has 2 aromatic carbocycles. The highest BCUT2D eigenvalue weighted by Gasteiger charge is 2.46. The lowest BCUT2D eigenvalue weighted by Crippen LogP contribution is -2.44. The van der Waals surface area contributed by atoms with Gasteiger partial charge in [-0.2, -0.15) is 0 Å². The molecule has 4 aliphatic rings. The zero-order valence-electron chi connectivity index (χ0n) is 43.6.